The lowest BCUT2D eigenvalue weighted by atomic mass is 10.1. The van der Waals surface area contributed by atoms with Crippen LogP contribution in [0.4, 0.5) is 5.00 Å². The molecule has 1 aliphatic heterocycles. The molecule has 1 aromatic heterocycles. The van der Waals surface area contributed by atoms with Crippen molar-refractivity contribution in [2.24, 2.45) is 0 Å². The van der Waals surface area contributed by atoms with Gasteiger partial charge in [-0.15, -0.1) is 11.3 Å². The smallest absolute Gasteiger partial charge is 0.257 e. The fourth-order valence-electron chi connectivity index (χ4n) is 3.69. The first-order chi connectivity index (χ1) is 16.1. The topological polar surface area (TPSA) is 67.9 Å². The number of ether oxygens (including phenoxy) is 2. The summed E-state index contributed by atoms with van der Waals surface area (Å²) in [6.45, 7) is 4.06. The molecule has 0 bridgehead atoms. The Morgan fingerprint density at radius 3 is 2.42 bits per heavy atom. The number of hydrogen-bond donors (Lipinski definition) is 1. The van der Waals surface area contributed by atoms with E-state index in [2.05, 4.69) is 5.32 Å². The van der Waals surface area contributed by atoms with Gasteiger partial charge in [0.15, 0.2) is 0 Å². The van der Waals surface area contributed by atoms with E-state index in [4.69, 9.17) is 9.47 Å². The van der Waals surface area contributed by atoms with Crippen molar-refractivity contribution in [1.82, 2.24) is 4.90 Å². The Bertz CT molecular complexity index is 1150. The van der Waals surface area contributed by atoms with E-state index in [0.29, 0.717) is 36.9 Å². The third-order valence-electron chi connectivity index (χ3n) is 5.47. The summed E-state index contributed by atoms with van der Waals surface area (Å²) >= 11 is 1.43. The summed E-state index contributed by atoms with van der Waals surface area (Å²) in [5.41, 5.74) is 3.32. The Morgan fingerprint density at radius 2 is 1.76 bits per heavy atom. The lowest BCUT2D eigenvalue weighted by Crippen LogP contribution is -2.41. The third-order valence-corrected chi connectivity index (χ3v) is 6.73. The molecular weight excluding hydrogens is 436 g/mol. The summed E-state index contributed by atoms with van der Waals surface area (Å²) in [5.74, 6) is 0.386. The van der Waals surface area contributed by atoms with Crippen LogP contribution in [-0.4, -0.2) is 50.1 Å². The van der Waals surface area contributed by atoms with Crippen LogP contribution in [0.3, 0.4) is 0 Å². The number of benzene rings is 2. The number of methoxy groups -OCH3 is 1. The zero-order valence-electron chi connectivity index (χ0n) is 18.7. The van der Waals surface area contributed by atoms with Crippen molar-refractivity contribution in [3.05, 3.63) is 77.4 Å². The van der Waals surface area contributed by atoms with Crippen LogP contribution in [0.25, 0.3) is 16.5 Å². The predicted molar refractivity (Wildman–Crippen MR) is 132 cm³/mol. The summed E-state index contributed by atoms with van der Waals surface area (Å²) in [4.78, 5) is 28.9. The molecule has 6 nitrogen and oxygen atoms in total. The molecule has 1 N–H and O–H groups in total. The average Bonchev–Trinajstić information content (AvgIpc) is 3.19. The van der Waals surface area contributed by atoms with E-state index in [1.54, 1.807) is 18.1 Å². The van der Waals surface area contributed by atoms with Crippen molar-refractivity contribution < 1.29 is 19.1 Å². The Labute approximate surface area is 197 Å². The number of hydrogen-bond acceptors (Lipinski definition) is 5. The molecule has 0 saturated carbocycles. The van der Waals surface area contributed by atoms with Crippen LogP contribution in [0.5, 0.6) is 5.75 Å². The van der Waals surface area contributed by atoms with Gasteiger partial charge in [0.25, 0.3) is 5.91 Å². The van der Waals surface area contributed by atoms with E-state index in [9.17, 15) is 9.59 Å². The Morgan fingerprint density at radius 1 is 1.06 bits per heavy atom. The molecule has 7 heteroatoms. The number of nitrogens with zero attached hydrogens (tertiary/aromatic N) is 1. The van der Waals surface area contributed by atoms with E-state index in [1.807, 2.05) is 61.5 Å². The maximum Gasteiger partial charge on any atom is 0.257 e. The largest absolute Gasteiger partial charge is 0.497 e. The molecule has 2 aromatic carbocycles. The molecule has 1 aliphatic rings. The number of nitrogens with one attached hydrogen (secondary N) is 1. The van der Waals surface area contributed by atoms with Gasteiger partial charge in [-0.1, -0.05) is 42.5 Å². The zero-order chi connectivity index (χ0) is 23.2. The van der Waals surface area contributed by atoms with Gasteiger partial charge in [0.2, 0.25) is 5.91 Å². The van der Waals surface area contributed by atoms with Crippen molar-refractivity contribution in [3.63, 3.8) is 0 Å². The van der Waals surface area contributed by atoms with Crippen molar-refractivity contribution in [2.75, 3.05) is 38.7 Å². The van der Waals surface area contributed by atoms with Crippen LogP contribution in [0, 0.1) is 6.92 Å². The minimum atomic E-state index is -0.289. The van der Waals surface area contributed by atoms with Gasteiger partial charge in [0.05, 0.1) is 25.9 Å². The highest BCUT2D eigenvalue weighted by molar-refractivity contribution is 7.20. The van der Waals surface area contributed by atoms with E-state index in [1.165, 1.54) is 17.4 Å². The summed E-state index contributed by atoms with van der Waals surface area (Å²) in [5, 5.41) is 3.51. The normalized spacial score (nSPS) is 13.8. The summed E-state index contributed by atoms with van der Waals surface area (Å²) in [6, 6.07) is 17.3. The van der Waals surface area contributed by atoms with Gasteiger partial charge in [-0.25, -0.2) is 0 Å². The molecule has 4 rings (SSSR count). The molecule has 1 fully saturated rings. The van der Waals surface area contributed by atoms with Crippen LogP contribution in [0.15, 0.2) is 60.7 Å². The number of carbonyl (C=O) groups is 2. The SMILES string of the molecule is COc1ccc(/C=C/C(=O)Nc2sc(-c3ccccc3)c(C)c2C(=O)N2CCOCC2)cc1. The van der Waals surface area contributed by atoms with Crippen LogP contribution in [0.1, 0.15) is 21.5 Å². The molecule has 0 aliphatic carbocycles. The van der Waals surface area contributed by atoms with Crippen LogP contribution >= 0.6 is 11.3 Å². The molecular formula is C26H26N2O4S. The molecule has 0 atom stereocenters. The predicted octanol–water partition coefficient (Wildman–Crippen LogP) is 4.86. The standard InChI is InChI=1S/C26H26N2O4S/c1-18-23(26(30)28-14-16-32-17-15-28)25(33-24(18)20-6-4-3-5-7-20)27-22(29)13-10-19-8-11-21(31-2)12-9-19/h3-13H,14-17H2,1-2H3,(H,27,29)/b13-10+. The Balaban J connectivity index is 1.61. The third kappa shape index (κ3) is 5.32. The fraction of sp³-hybridized carbons (Fsp3) is 0.231. The van der Waals surface area contributed by atoms with Crippen molar-refractivity contribution in [3.8, 4) is 16.2 Å². The van der Waals surface area contributed by atoms with E-state index >= 15 is 0 Å². The second-order valence-corrected chi connectivity index (χ2v) is 8.65. The Hall–Kier alpha value is -3.42. The van der Waals surface area contributed by atoms with Crippen molar-refractivity contribution >= 4 is 34.2 Å². The summed E-state index contributed by atoms with van der Waals surface area (Å²) in [7, 11) is 1.61. The van der Waals surface area contributed by atoms with Gasteiger partial charge in [-0.05, 0) is 41.8 Å². The van der Waals surface area contributed by atoms with E-state index < -0.39 is 0 Å². The second kappa shape index (κ2) is 10.5. The first-order valence-corrected chi connectivity index (χ1v) is 11.6. The molecule has 1 saturated heterocycles. The molecule has 33 heavy (non-hydrogen) atoms. The number of thiophene rings is 1. The average molecular weight is 463 g/mol. The summed E-state index contributed by atoms with van der Waals surface area (Å²) < 4.78 is 10.6. The number of amides is 2. The fourth-order valence-corrected chi connectivity index (χ4v) is 4.90. The summed E-state index contributed by atoms with van der Waals surface area (Å²) in [6.07, 6.45) is 3.21. The first-order valence-electron chi connectivity index (χ1n) is 10.8. The molecule has 0 unspecified atom stereocenters. The lowest BCUT2D eigenvalue weighted by Gasteiger charge is -2.27. The second-order valence-electron chi connectivity index (χ2n) is 7.63. The van der Waals surface area contributed by atoms with Crippen molar-refractivity contribution in [2.45, 2.75) is 6.92 Å². The monoisotopic (exact) mass is 462 g/mol. The number of rotatable bonds is 6. The number of morpholine rings is 1. The number of carbonyl (C=O) groups excluding carboxylic acids is 2. The minimum Gasteiger partial charge on any atom is -0.497 e. The minimum absolute atomic E-state index is 0.0799. The van der Waals surface area contributed by atoms with Gasteiger partial charge in [-0.3, -0.25) is 9.59 Å². The molecule has 2 amide bonds. The quantitative estimate of drug-likeness (QED) is 0.532. The molecule has 2 heterocycles. The zero-order valence-corrected chi connectivity index (χ0v) is 19.5. The van der Waals surface area contributed by atoms with Gasteiger partial charge in [0.1, 0.15) is 10.8 Å². The van der Waals surface area contributed by atoms with Crippen LogP contribution in [0.2, 0.25) is 0 Å². The highest BCUT2D eigenvalue weighted by atomic mass is 32.1. The number of anilines is 1. The molecule has 0 radical (unpaired) electrons. The maximum absolute atomic E-state index is 13.4. The van der Waals surface area contributed by atoms with Gasteiger partial charge in [0, 0.05) is 24.0 Å². The highest BCUT2D eigenvalue weighted by Crippen LogP contribution is 2.40. The van der Waals surface area contributed by atoms with Gasteiger partial charge >= 0.3 is 0 Å². The highest BCUT2D eigenvalue weighted by Gasteiger charge is 2.27. The Kier molecular flexibility index (Phi) is 7.22. The van der Waals surface area contributed by atoms with E-state index in [-0.39, 0.29) is 11.8 Å². The van der Waals surface area contributed by atoms with Crippen molar-refractivity contribution in [1.29, 1.82) is 0 Å². The van der Waals surface area contributed by atoms with Crippen LogP contribution in [-0.2, 0) is 9.53 Å². The van der Waals surface area contributed by atoms with Gasteiger partial charge in [-0.2, -0.15) is 0 Å². The maximum atomic E-state index is 13.4. The first kappa shape index (κ1) is 22.8. The molecule has 3 aromatic rings. The van der Waals surface area contributed by atoms with E-state index in [0.717, 1.165) is 27.3 Å². The molecule has 170 valence electrons. The lowest BCUT2D eigenvalue weighted by molar-refractivity contribution is -0.111. The molecule has 0 spiro atoms. The van der Waals surface area contributed by atoms with Crippen LogP contribution < -0.4 is 10.1 Å². The van der Waals surface area contributed by atoms with Gasteiger partial charge < -0.3 is 19.7 Å².